The van der Waals surface area contributed by atoms with Crippen molar-refractivity contribution in [2.75, 3.05) is 13.7 Å². The first-order valence-electron chi connectivity index (χ1n) is 11.4. The molecule has 0 radical (unpaired) electrons. The summed E-state index contributed by atoms with van der Waals surface area (Å²) in [6.45, 7) is 7.47. The smallest absolute Gasteiger partial charge is 0.335 e. The van der Waals surface area contributed by atoms with Gasteiger partial charge in [0, 0.05) is 43.3 Å². The summed E-state index contributed by atoms with van der Waals surface area (Å²) in [5.41, 5.74) is 0.170. The van der Waals surface area contributed by atoms with E-state index in [1.807, 2.05) is 26.8 Å². The molecule has 1 spiro atoms. The van der Waals surface area contributed by atoms with Crippen LogP contribution in [-0.4, -0.2) is 71.1 Å². The molecule has 12 atom stereocenters. The third-order valence-electron chi connectivity index (χ3n) is 8.34. The van der Waals surface area contributed by atoms with E-state index in [1.54, 1.807) is 6.92 Å². The van der Waals surface area contributed by atoms with E-state index in [0.717, 1.165) is 5.57 Å². The monoisotopic (exact) mass is 436 g/mol. The van der Waals surface area contributed by atoms with Crippen LogP contribution in [0.25, 0.3) is 0 Å². The van der Waals surface area contributed by atoms with Gasteiger partial charge >= 0.3 is 5.97 Å². The van der Waals surface area contributed by atoms with Crippen molar-refractivity contribution in [2.45, 2.75) is 70.2 Å². The van der Waals surface area contributed by atoms with Crippen LogP contribution in [0.2, 0.25) is 0 Å². The number of rotatable bonds is 3. The molecule has 0 aromatic carbocycles. The van der Waals surface area contributed by atoms with Gasteiger partial charge in [-0.25, -0.2) is 4.79 Å². The molecule has 3 N–H and O–H groups in total. The van der Waals surface area contributed by atoms with E-state index in [4.69, 9.17) is 14.2 Å². The second-order valence-corrected chi connectivity index (χ2v) is 9.98. The number of hydrogen-bond acceptors (Lipinski definition) is 7. The largest absolute Gasteiger partial charge is 0.457 e. The normalized spacial score (nSPS) is 50.3. The summed E-state index contributed by atoms with van der Waals surface area (Å²) in [7, 11) is 1.48. The van der Waals surface area contributed by atoms with Crippen LogP contribution in [0.5, 0.6) is 0 Å². The molecule has 0 unspecified atom stereocenters. The Labute approximate surface area is 184 Å². The lowest BCUT2D eigenvalue weighted by Gasteiger charge is -2.49. The molecule has 7 heteroatoms. The van der Waals surface area contributed by atoms with Crippen LogP contribution >= 0.6 is 0 Å². The quantitative estimate of drug-likeness (QED) is 0.454. The highest BCUT2D eigenvalue weighted by molar-refractivity contribution is 5.75. The Bertz CT molecular complexity index is 761. The Balaban J connectivity index is 1.86. The Morgan fingerprint density at radius 1 is 1.32 bits per heavy atom. The maximum absolute atomic E-state index is 12.9. The zero-order valence-electron chi connectivity index (χ0n) is 19.0. The molecule has 31 heavy (non-hydrogen) atoms. The van der Waals surface area contributed by atoms with Gasteiger partial charge in [0.2, 0.25) is 0 Å². The molecule has 1 saturated carbocycles. The minimum Gasteiger partial charge on any atom is -0.457 e. The number of hydrogen-bond donors (Lipinski definition) is 3. The predicted molar refractivity (Wildman–Crippen MR) is 113 cm³/mol. The minimum atomic E-state index is -0.847. The lowest BCUT2D eigenvalue weighted by Crippen LogP contribution is -2.56. The van der Waals surface area contributed by atoms with Gasteiger partial charge in [0.05, 0.1) is 18.3 Å². The molecule has 0 amide bonds. The fourth-order valence-corrected chi connectivity index (χ4v) is 6.74. The van der Waals surface area contributed by atoms with Crippen LogP contribution in [-0.2, 0) is 19.0 Å². The van der Waals surface area contributed by atoms with Crippen molar-refractivity contribution in [1.82, 2.24) is 0 Å². The van der Waals surface area contributed by atoms with Gasteiger partial charge in [0.15, 0.2) is 6.10 Å². The summed E-state index contributed by atoms with van der Waals surface area (Å²) in [4.78, 5) is 12.9. The van der Waals surface area contributed by atoms with Crippen molar-refractivity contribution < 1.29 is 34.3 Å². The number of cyclic esters (lactones) is 1. The second-order valence-electron chi connectivity index (χ2n) is 9.98. The third-order valence-corrected chi connectivity index (χ3v) is 8.34. The highest BCUT2D eigenvalue weighted by Crippen LogP contribution is 2.61. The van der Waals surface area contributed by atoms with Crippen LogP contribution in [0, 0.1) is 35.5 Å². The molecule has 2 fully saturated rings. The van der Waals surface area contributed by atoms with Crippen molar-refractivity contribution in [3.05, 3.63) is 23.8 Å². The number of carbonyl (C=O) groups excluding carboxylic acids is 1. The number of aliphatic hydroxyl groups is 3. The fourth-order valence-electron chi connectivity index (χ4n) is 6.74. The van der Waals surface area contributed by atoms with Crippen LogP contribution < -0.4 is 0 Å². The molecule has 0 aromatic heterocycles. The Morgan fingerprint density at radius 2 is 2.03 bits per heavy atom. The second kappa shape index (κ2) is 8.27. The molecule has 174 valence electrons. The lowest BCUT2D eigenvalue weighted by molar-refractivity contribution is -0.172. The number of carbonyl (C=O) groups is 1. The van der Waals surface area contributed by atoms with Gasteiger partial charge in [-0.2, -0.15) is 0 Å². The maximum Gasteiger partial charge on any atom is 0.335 e. The van der Waals surface area contributed by atoms with Crippen molar-refractivity contribution in [3.63, 3.8) is 0 Å². The molecule has 2 aliphatic carbocycles. The highest BCUT2D eigenvalue weighted by atomic mass is 16.6. The van der Waals surface area contributed by atoms with Crippen LogP contribution in [0.3, 0.4) is 0 Å². The fraction of sp³-hybridized carbons (Fsp3) is 0.792. The number of methoxy groups -OCH3 is 1. The Morgan fingerprint density at radius 3 is 2.65 bits per heavy atom. The average Bonchev–Trinajstić information content (AvgIpc) is 2.91. The van der Waals surface area contributed by atoms with Gasteiger partial charge in [0.25, 0.3) is 0 Å². The Kier molecular flexibility index (Phi) is 6.11. The van der Waals surface area contributed by atoms with Gasteiger partial charge in [-0.15, -0.1) is 0 Å². The number of ether oxygens (including phenoxy) is 3. The van der Waals surface area contributed by atoms with Gasteiger partial charge in [-0.1, -0.05) is 32.1 Å². The summed E-state index contributed by atoms with van der Waals surface area (Å²) in [5.74, 6) is -1.38. The minimum absolute atomic E-state index is 0.00158. The third kappa shape index (κ3) is 3.32. The van der Waals surface area contributed by atoms with Crippen LogP contribution in [0.15, 0.2) is 23.8 Å². The zero-order chi connectivity index (χ0) is 22.7. The van der Waals surface area contributed by atoms with Gasteiger partial charge in [-0.3, -0.25) is 0 Å². The average molecular weight is 437 g/mol. The molecule has 4 aliphatic rings. The predicted octanol–water partition coefficient (Wildman–Crippen LogP) is 1.46. The number of aliphatic hydroxyl groups excluding tert-OH is 3. The molecule has 7 nitrogen and oxygen atoms in total. The van der Waals surface area contributed by atoms with E-state index in [-0.39, 0.29) is 48.2 Å². The van der Waals surface area contributed by atoms with E-state index < -0.39 is 36.0 Å². The maximum atomic E-state index is 12.9. The van der Waals surface area contributed by atoms with Gasteiger partial charge in [0.1, 0.15) is 11.7 Å². The van der Waals surface area contributed by atoms with Crippen molar-refractivity contribution in [2.24, 2.45) is 35.5 Å². The SMILES string of the molecule is CO[C@H]1C[C@H]2C=C[C@H]3[C@H]4O[C@]2(C(C)=C[C@@H](C)[C@@H]([C@@H](C)O)OC1=O)[C@@H]3[C@H](O)[C@H](C)[C@@H]4CO. The first-order valence-corrected chi connectivity index (χ1v) is 11.4. The molecule has 4 bridgehead atoms. The molecule has 4 rings (SSSR count). The highest BCUT2D eigenvalue weighted by Gasteiger charge is 2.67. The standard InChI is InChI=1S/C24H36O7/c1-11-8-12(2)24-15(9-18(29-5)23(28)30-21(11)14(4)26)6-7-16-19(24)20(27)13(3)17(10-25)22(16)31-24/h6-8,11,13-22,25-27H,9-10H2,1-5H3/t11-,13-,14-,15-,16-,17+,18+,19+,20-,21+,22-,24+/m1/s1. The molecular formula is C24H36O7. The van der Waals surface area contributed by atoms with E-state index in [9.17, 15) is 20.1 Å². The van der Waals surface area contributed by atoms with Crippen molar-refractivity contribution >= 4 is 5.97 Å². The summed E-state index contributed by atoms with van der Waals surface area (Å²) in [5, 5.41) is 31.7. The van der Waals surface area contributed by atoms with E-state index in [0.29, 0.717) is 6.42 Å². The molecule has 2 heterocycles. The topological polar surface area (TPSA) is 105 Å². The van der Waals surface area contributed by atoms with Crippen molar-refractivity contribution in [3.8, 4) is 0 Å². The molecule has 0 aromatic rings. The first kappa shape index (κ1) is 22.9. The zero-order valence-corrected chi connectivity index (χ0v) is 19.0. The summed E-state index contributed by atoms with van der Waals surface area (Å²) >= 11 is 0. The van der Waals surface area contributed by atoms with E-state index in [2.05, 4.69) is 12.2 Å². The molecular weight excluding hydrogens is 400 g/mol. The van der Waals surface area contributed by atoms with E-state index in [1.165, 1.54) is 7.11 Å². The lowest BCUT2D eigenvalue weighted by atomic mass is 9.56. The summed E-state index contributed by atoms with van der Waals surface area (Å²) < 4.78 is 18.0. The van der Waals surface area contributed by atoms with Crippen molar-refractivity contribution in [1.29, 1.82) is 0 Å². The number of esters is 1. The summed E-state index contributed by atoms with van der Waals surface area (Å²) in [6.07, 6.45) is 3.35. The van der Waals surface area contributed by atoms with Gasteiger partial charge in [-0.05, 0) is 31.8 Å². The van der Waals surface area contributed by atoms with E-state index >= 15 is 0 Å². The van der Waals surface area contributed by atoms with Crippen LogP contribution in [0.4, 0.5) is 0 Å². The molecule has 1 saturated heterocycles. The first-order chi connectivity index (χ1) is 14.7. The van der Waals surface area contributed by atoms with Gasteiger partial charge < -0.3 is 29.5 Å². The Hall–Kier alpha value is -1.25. The molecule has 2 aliphatic heterocycles. The summed E-state index contributed by atoms with van der Waals surface area (Å²) in [6, 6.07) is 0. The van der Waals surface area contributed by atoms with Crippen LogP contribution in [0.1, 0.15) is 34.1 Å².